The predicted molar refractivity (Wildman–Crippen MR) is 95.9 cm³/mol. The number of nitrogens with two attached hydrogens (primary N) is 1. The van der Waals surface area contributed by atoms with Crippen LogP contribution in [-0.4, -0.2) is 48.0 Å². The van der Waals surface area contributed by atoms with E-state index in [2.05, 4.69) is 5.10 Å². The molecule has 0 unspecified atom stereocenters. The van der Waals surface area contributed by atoms with Crippen molar-refractivity contribution in [3.8, 4) is 5.69 Å². The number of anilines is 1. The minimum absolute atomic E-state index is 0.0241. The van der Waals surface area contributed by atoms with E-state index in [0.29, 0.717) is 11.4 Å². The van der Waals surface area contributed by atoms with E-state index in [1.54, 1.807) is 20.8 Å². The zero-order valence-electron chi connectivity index (χ0n) is 15.7. The average molecular weight is 375 g/mol. The van der Waals surface area contributed by atoms with Gasteiger partial charge in [-0.1, -0.05) is 0 Å². The summed E-state index contributed by atoms with van der Waals surface area (Å²) in [7, 11) is 2.44. The first kappa shape index (κ1) is 20.0. The summed E-state index contributed by atoms with van der Waals surface area (Å²) in [5, 5.41) is 4.25. The number of nitrogens with zero attached hydrogens (tertiary/aromatic N) is 2. The molecule has 1 aromatic heterocycles. The number of nitrogen functional groups attached to an aromatic ring is 1. The van der Waals surface area contributed by atoms with Crippen LogP contribution in [0, 0.1) is 6.92 Å². The molecule has 2 rings (SSSR count). The van der Waals surface area contributed by atoms with Crippen LogP contribution in [0.15, 0.2) is 18.2 Å². The number of esters is 3. The molecule has 27 heavy (non-hydrogen) atoms. The quantitative estimate of drug-likeness (QED) is 0.621. The molecule has 144 valence electrons. The van der Waals surface area contributed by atoms with E-state index < -0.39 is 17.9 Å². The summed E-state index contributed by atoms with van der Waals surface area (Å²) < 4.78 is 15.9. The van der Waals surface area contributed by atoms with Crippen molar-refractivity contribution < 1.29 is 28.6 Å². The number of aryl methyl sites for hydroxylation is 1. The van der Waals surface area contributed by atoms with E-state index in [1.807, 2.05) is 0 Å². The third-order valence-electron chi connectivity index (χ3n) is 3.65. The molecule has 0 bridgehead atoms. The molecule has 0 saturated heterocycles. The number of aromatic nitrogens is 2. The summed E-state index contributed by atoms with van der Waals surface area (Å²) in [5.41, 5.74) is 7.07. The molecule has 2 aromatic rings. The first-order valence-corrected chi connectivity index (χ1v) is 8.07. The van der Waals surface area contributed by atoms with Gasteiger partial charge in [-0.15, -0.1) is 0 Å². The molecule has 0 radical (unpaired) electrons. The van der Waals surface area contributed by atoms with Gasteiger partial charge in [0.15, 0.2) is 0 Å². The van der Waals surface area contributed by atoms with E-state index in [1.165, 1.54) is 37.1 Å². The maximum Gasteiger partial charge on any atom is 0.344 e. The Bertz CT molecular complexity index is 866. The maximum atomic E-state index is 12.3. The van der Waals surface area contributed by atoms with Crippen molar-refractivity contribution in [3.05, 3.63) is 40.6 Å². The van der Waals surface area contributed by atoms with Crippen molar-refractivity contribution in [2.24, 2.45) is 0 Å². The SMILES string of the molecule is COC(=O)c1cc(C(=O)OC)cc(-n2nc(C)c(C(=O)OC(C)C)c2N)c1. The monoisotopic (exact) mass is 375 g/mol. The van der Waals surface area contributed by atoms with Crippen molar-refractivity contribution in [1.29, 1.82) is 0 Å². The Kier molecular flexibility index (Phi) is 5.84. The number of benzene rings is 1. The van der Waals surface area contributed by atoms with Gasteiger partial charge in [0.1, 0.15) is 11.4 Å². The number of rotatable bonds is 5. The molecule has 1 heterocycles. The highest BCUT2D eigenvalue weighted by atomic mass is 16.5. The molecule has 9 heteroatoms. The lowest BCUT2D eigenvalue weighted by molar-refractivity contribution is 0.0377. The van der Waals surface area contributed by atoms with Crippen molar-refractivity contribution >= 4 is 23.7 Å². The van der Waals surface area contributed by atoms with Gasteiger partial charge in [0.25, 0.3) is 0 Å². The van der Waals surface area contributed by atoms with Crippen LogP contribution in [0.25, 0.3) is 5.69 Å². The summed E-state index contributed by atoms with van der Waals surface area (Å²) in [5.74, 6) is -1.88. The second kappa shape index (κ2) is 7.90. The van der Waals surface area contributed by atoms with E-state index >= 15 is 0 Å². The van der Waals surface area contributed by atoms with Crippen molar-refractivity contribution in [3.63, 3.8) is 0 Å². The van der Waals surface area contributed by atoms with Crippen LogP contribution in [0.5, 0.6) is 0 Å². The lowest BCUT2D eigenvalue weighted by Crippen LogP contribution is -2.14. The van der Waals surface area contributed by atoms with Crippen molar-refractivity contribution in [2.75, 3.05) is 20.0 Å². The average Bonchev–Trinajstić information content (AvgIpc) is 2.93. The van der Waals surface area contributed by atoms with Gasteiger partial charge in [0.05, 0.1) is 42.8 Å². The summed E-state index contributed by atoms with van der Waals surface area (Å²) in [6.45, 7) is 5.04. The molecule has 1 aromatic carbocycles. The highest BCUT2D eigenvalue weighted by Crippen LogP contribution is 2.24. The fraction of sp³-hybridized carbons (Fsp3) is 0.333. The molecule has 9 nitrogen and oxygen atoms in total. The maximum absolute atomic E-state index is 12.3. The van der Waals surface area contributed by atoms with E-state index in [9.17, 15) is 14.4 Å². The topological polar surface area (TPSA) is 123 Å². The van der Waals surface area contributed by atoms with Crippen LogP contribution < -0.4 is 5.73 Å². The molecule has 0 saturated carbocycles. The molecule has 0 amide bonds. The smallest absolute Gasteiger partial charge is 0.344 e. The summed E-state index contributed by atoms with van der Waals surface area (Å²) in [4.78, 5) is 36.2. The number of hydrogen-bond donors (Lipinski definition) is 1. The van der Waals surface area contributed by atoms with Crippen LogP contribution >= 0.6 is 0 Å². The molecule has 0 aliphatic heterocycles. The molecule has 0 atom stereocenters. The molecule has 2 N–H and O–H groups in total. The fourth-order valence-electron chi connectivity index (χ4n) is 2.47. The lowest BCUT2D eigenvalue weighted by Gasteiger charge is -2.10. The largest absolute Gasteiger partial charge is 0.465 e. The minimum Gasteiger partial charge on any atom is -0.465 e. The summed E-state index contributed by atoms with van der Waals surface area (Å²) in [6, 6.07) is 4.22. The molecule has 0 spiro atoms. The molecular formula is C18H21N3O6. The minimum atomic E-state index is -0.649. The van der Waals surface area contributed by atoms with E-state index in [-0.39, 0.29) is 28.6 Å². The van der Waals surface area contributed by atoms with Gasteiger partial charge < -0.3 is 19.9 Å². The van der Waals surface area contributed by atoms with Gasteiger partial charge in [0, 0.05) is 0 Å². The van der Waals surface area contributed by atoms with Crippen LogP contribution in [0.4, 0.5) is 5.82 Å². The van der Waals surface area contributed by atoms with Gasteiger partial charge >= 0.3 is 17.9 Å². The zero-order chi connectivity index (χ0) is 20.3. The molecule has 0 fully saturated rings. The third-order valence-corrected chi connectivity index (χ3v) is 3.65. The second-order valence-corrected chi connectivity index (χ2v) is 5.96. The molecule has 0 aliphatic carbocycles. The Labute approximate surface area is 156 Å². The Morgan fingerprint density at radius 2 is 1.52 bits per heavy atom. The van der Waals surface area contributed by atoms with Gasteiger partial charge in [-0.3, -0.25) is 0 Å². The second-order valence-electron chi connectivity index (χ2n) is 5.96. The zero-order valence-corrected chi connectivity index (χ0v) is 15.7. The van der Waals surface area contributed by atoms with Crippen LogP contribution in [0.3, 0.4) is 0 Å². The van der Waals surface area contributed by atoms with Gasteiger partial charge in [0.2, 0.25) is 0 Å². The summed E-state index contributed by atoms with van der Waals surface area (Å²) >= 11 is 0. The standard InChI is InChI=1S/C18H21N3O6/c1-9(2)27-18(24)14-10(3)20-21(15(14)19)13-7-11(16(22)25-4)6-12(8-13)17(23)26-5/h6-9H,19H2,1-5H3. The number of carbonyl (C=O) groups excluding carboxylic acids is 3. The van der Waals surface area contributed by atoms with Gasteiger partial charge in [-0.25, -0.2) is 19.1 Å². The lowest BCUT2D eigenvalue weighted by atomic mass is 10.1. The van der Waals surface area contributed by atoms with Crippen LogP contribution in [-0.2, 0) is 14.2 Å². The first-order valence-electron chi connectivity index (χ1n) is 8.07. The number of methoxy groups -OCH3 is 2. The number of carbonyl (C=O) groups is 3. The van der Waals surface area contributed by atoms with Crippen molar-refractivity contribution in [1.82, 2.24) is 9.78 Å². The Morgan fingerprint density at radius 1 is 1.00 bits per heavy atom. The number of ether oxygens (including phenoxy) is 3. The van der Waals surface area contributed by atoms with Gasteiger partial charge in [-0.2, -0.15) is 5.10 Å². The Hall–Kier alpha value is -3.36. The normalized spacial score (nSPS) is 10.6. The first-order chi connectivity index (χ1) is 12.7. The highest BCUT2D eigenvalue weighted by molar-refractivity contribution is 5.97. The van der Waals surface area contributed by atoms with E-state index in [0.717, 1.165) is 0 Å². The molecule has 0 aliphatic rings. The Balaban J connectivity index is 2.62. The fourth-order valence-corrected chi connectivity index (χ4v) is 2.47. The Morgan fingerprint density at radius 3 is 1.96 bits per heavy atom. The van der Waals surface area contributed by atoms with Crippen LogP contribution in [0.2, 0.25) is 0 Å². The van der Waals surface area contributed by atoms with Gasteiger partial charge in [-0.05, 0) is 39.0 Å². The summed E-state index contributed by atoms with van der Waals surface area (Å²) in [6.07, 6.45) is -0.326. The highest BCUT2D eigenvalue weighted by Gasteiger charge is 2.24. The van der Waals surface area contributed by atoms with Crippen LogP contribution in [0.1, 0.15) is 50.6 Å². The third kappa shape index (κ3) is 4.08. The predicted octanol–water partition coefficient (Wildman–Crippen LogP) is 1.90. The molecular weight excluding hydrogens is 354 g/mol. The van der Waals surface area contributed by atoms with Crippen molar-refractivity contribution in [2.45, 2.75) is 26.9 Å². The number of hydrogen-bond acceptors (Lipinski definition) is 8. The van der Waals surface area contributed by atoms with E-state index in [4.69, 9.17) is 19.9 Å².